The zero-order chi connectivity index (χ0) is 20.2. The van der Waals surface area contributed by atoms with Gasteiger partial charge in [0.1, 0.15) is 11.5 Å². The van der Waals surface area contributed by atoms with Crippen molar-refractivity contribution < 1.29 is 19.1 Å². The summed E-state index contributed by atoms with van der Waals surface area (Å²) >= 11 is 0. The molecule has 0 heterocycles. The molecule has 2 aromatic carbocycles. The zero-order valence-electron chi connectivity index (χ0n) is 15.7. The molecule has 0 saturated carbocycles. The largest absolute Gasteiger partial charge is 0.497 e. The number of hydrogen-bond acceptors (Lipinski definition) is 6. The number of ether oxygens (including phenoxy) is 2. The first-order valence-electron chi connectivity index (χ1n) is 8.52. The molecule has 0 saturated heterocycles. The number of nitrogens with zero attached hydrogens (tertiary/aromatic N) is 2. The Hall–Kier alpha value is -3.68. The number of amides is 2. The zero-order valence-corrected chi connectivity index (χ0v) is 15.7. The second-order valence-electron chi connectivity index (χ2n) is 5.63. The average Bonchev–Trinajstić information content (AvgIpc) is 2.73. The van der Waals surface area contributed by atoms with E-state index in [1.54, 1.807) is 38.5 Å². The molecule has 0 atom stereocenters. The lowest BCUT2D eigenvalue weighted by Crippen LogP contribution is -2.22. The van der Waals surface area contributed by atoms with Crippen LogP contribution in [0.15, 0.2) is 58.7 Å². The van der Waals surface area contributed by atoms with Crippen LogP contribution in [0.1, 0.15) is 24.0 Å². The lowest BCUT2D eigenvalue weighted by Gasteiger charge is -2.01. The molecular formula is C20H22N4O4. The molecule has 0 aromatic heterocycles. The first-order valence-corrected chi connectivity index (χ1v) is 8.52. The molecule has 0 bridgehead atoms. The molecule has 2 N–H and O–H groups in total. The quantitative estimate of drug-likeness (QED) is 0.512. The van der Waals surface area contributed by atoms with Gasteiger partial charge in [0.25, 0.3) is 0 Å². The maximum Gasteiger partial charge on any atom is 0.240 e. The summed E-state index contributed by atoms with van der Waals surface area (Å²) in [5.74, 6) is 0.752. The SMILES string of the molecule is COc1ccc(/C=N\NC(=O)CCC(=O)N/N=C/c2ccc(OC)cc2)cc1. The monoisotopic (exact) mass is 382 g/mol. The normalized spacial score (nSPS) is 10.8. The molecule has 0 unspecified atom stereocenters. The number of rotatable bonds is 9. The predicted molar refractivity (Wildman–Crippen MR) is 107 cm³/mol. The van der Waals surface area contributed by atoms with Gasteiger partial charge in [-0.25, -0.2) is 10.9 Å². The molecule has 8 nitrogen and oxygen atoms in total. The number of hydrazone groups is 2. The van der Waals surface area contributed by atoms with E-state index in [4.69, 9.17) is 9.47 Å². The van der Waals surface area contributed by atoms with Crippen LogP contribution < -0.4 is 20.3 Å². The molecule has 8 heteroatoms. The summed E-state index contributed by atoms with van der Waals surface area (Å²) in [7, 11) is 3.17. The van der Waals surface area contributed by atoms with Crippen molar-refractivity contribution in [1.29, 1.82) is 0 Å². The maximum atomic E-state index is 11.7. The minimum atomic E-state index is -0.362. The van der Waals surface area contributed by atoms with E-state index in [9.17, 15) is 9.59 Å². The molecule has 28 heavy (non-hydrogen) atoms. The number of methoxy groups -OCH3 is 2. The van der Waals surface area contributed by atoms with Crippen molar-refractivity contribution in [3.05, 3.63) is 59.7 Å². The molecule has 146 valence electrons. The lowest BCUT2D eigenvalue weighted by atomic mass is 10.2. The Morgan fingerprint density at radius 2 is 1.11 bits per heavy atom. The topological polar surface area (TPSA) is 101 Å². The van der Waals surface area contributed by atoms with Crippen molar-refractivity contribution in [2.75, 3.05) is 14.2 Å². The average molecular weight is 382 g/mol. The van der Waals surface area contributed by atoms with E-state index < -0.39 is 0 Å². The standard InChI is InChI=1S/C20H22N4O4/c1-27-17-7-3-15(4-8-17)13-21-23-19(25)11-12-20(26)24-22-14-16-5-9-18(28-2)10-6-16/h3-10,13-14H,11-12H2,1-2H3,(H,23,25)(H,24,26)/b21-13-,22-14+. The van der Waals surface area contributed by atoms with Crippen LogP contribution in [0.25, 0.3) is 0 Å². The highest BCUT2D eigenvalue weighted by Crippen LogP contribution is 2.10. The Kier molecular flexibility index (Phi) is 8.19. The van der Waals surface area contributed by atoms with Crippen molar-refractivity contribution in [2.24, 2.45) is 10.2 Å². The molecule has 0 spiro atoms. The van der Waals surface area contributed by atoms with E-state index in [1.807, 2.05) is 24.3 Å². The molecule has 0 aliphatic rings. The Morgan fingerprint density at radius 1 is 0.750 bits per heavy atom. The summed E-state index contributed by atoms with van der Waals surface area (Å²) in [6.07, 6.45) is 3.03. The first-order chi connectivity index (χ1) is 13.6. The summed E-state index contributed by atoms with van der Waals surface area (Å²) in [5.41, 5.74) is 6.38. The van der Waals surface area contributed by atoms with Gasteiger partial charge >= 0.3 is 0 Å². The van der Waals surface area contributed by atoms with Gasteiger partial charge in [0.15, 0.2) is 0 Å². The minimum Gasteiger partial charge on any atom is -0.497 e. The highest BCUT2D eigenvalue weighted by atomic mass is 16.5. The summed E-state index contributed by atoms with van der Waals surface area (Å²) in [6, 6.07) is 14.4. The Bertz CT molecular complexity index is 759. The smallest absolute Gasteiger partial charge is 0.240 e. The van der Waals surface area contributed by atoms with E-state index in [2.05, 4.69) is 21.1 Å². The predicted octanol–water partition coefficient (Wildman–Crippen LogP) is 2.08. The van der Waals surface area contributed by atoms with E-state index in [1.165, 1.54) is 12.4 Å². The van der Waals surface area contributed by atoms with Gasteiger partial charge in [-0.05, 0) is 59.7 Å². The van der Waals surface area contributed by atoms with Gasteiger partial charge in [0.05, 0.1) is 26.6 Å². The first kappa shape index (κ1) is 20.6. The van der Waals surface area contributed by atoms with Gasteiger partial charge in [0, 0.05) is 12.8 Å². The number of carbonyl (C=O) groups excluding carboxylic acids is 2. The highest BCUT2D eigenvalue weighted by molar-refractivity contribution is 5.86. The van der Waals surface area contributed by atoms with Gasteiger partial charge in [-0.15, -0.1) is 0 Å². The van der Waals surface area contributed by atoms with Crippen molar-refractivity contribution in [3.63, 3.8) is 0 Å². The van der Waals surface area contributed by atoms with Gasteiger partial charge < -0.3 is 9.47 Å². The van der Waals surface area contributed by atoms with Crippen LogP contribution >= 0.6 is 0 Å². The van der Waals surface area contributed by atoms with Gasteiger partial charge in [-0.2, -0.15) is 10.2 Å². The number of benzene rings is 2. The fourth-order valence-electron chi connectivity index (χ4n) is 2.08. The number of carbonyl (C=O) groups is 2. The molecule has 2 rings (SSSR count). The second kappa shape index (κ2) is 11.1. The van der Waals surface area contributed by atoms with Crippen molar-refractivity contribution in [1.82, 2.24) is 10.9 Å². The van der Waals surface area contributed by atoms with Crippen LogP contribution in [0.3, 0.4) is 0 Å². The van der Waals surface area contributed by atoms with Crippen molar-refractivity contribution in [2.45, 2.75) is 12.8 Å². The van der Waals surface area contributed by atoms with E-state index in [-0.39, 0.29) is 24.7 Å². The number of nitrogens with one attached hydrogen (secondary N) is 2. The van der Waals surface area contributed by atoms with Crippen LogP contribution in [0.4, 0.5) is 0 Å². The Morgan fingerprint density at radius 3 is 1.43 bits per heavy atom. The minimum absolute atomic E-state index is 0.00381. The second-order valence-corrected chi connectivity index (χ2v) is 5.63. The van der Waals surface area contributed by atoms with Crippen molar-refractivity contribution >= 4 is 24.2 Å². The Balaban J connectivity index is 1.67. The molecule has 0 fully saturated rings. The molecular weight excluding hydrogens is 360 g/mol. The fourth-order valence-corrected chi connectivity index (χ4v) is 2.08. The van der Waals surface area contributed by atoms with Crippen LogP contribution in [0.5, 0.6) is 11.5 Å². The third-order valence-corrected chi connectivity index (χ3v) is 3.62. The van der Waals surface area contributed by atoms with Crippen LogP contribution in [-0.2, 0) is 9.59 Å². The molecule has 2 aromatic rings. The van der Waals surface area contributed by atoms with Crippen LogP contribution in [-0.4, -0.2) is 38.5 Å². The van der Waals surface area contributed by atoms with Crippen LogP contribution in [0.2, 0.25) is 0 Å². The summed E-state index contributed by atoms with van der Waals surface area (Å²) in [4.78, 5) is 23.4. The summed E-state index contributed by atoms with van der Waals surface area (Å²) in [6.45, 7) is 0. The van der Waals surface area contributed by atoms with Crippen LogP contribution in [0, 0.1) is 0 Å². The molecule has 0 aliphatic heterocycles. The third kappa shape index (κ3) is 7.28. The van der Waals surface area contributed by atoms with E-state index in [0.717, 1.165) is 22.6 Å². The van der Waals surface area contributed by atoms with E-state index >= 15 is 0 Å². The fraction of sp³-hybridized carbons (Fsp3) is 0.200. The van der Waals surface area contributed by atoms with E-state index in [0.29, 0.717) is 0 Å². The number of hydrogen-bond donors (Lipinski definition) is 2. The highest BCUT2D eigenvalue weighted by Gasteiger charge is 2.05. The van der Waals surface area contributed by atoms with Crippen molar-refractivity contribution in [3.8, 4) is 11.5 Å². The summed E-state index contributed by atoms with van der Waals surface area (Å²) < 4.78 is 10.1. The molecule has 2 amide bonds. The van der Waals surface area contributed by atoms with Gasteiger partial charge in [0.2, 0.25) is 11.8 Å². The molecule has 0 aliphatic carbocycles. The third-order valence-electron chi connectivity index (χ3n) is 3.62. The molecule has 0 radical (unpaired) electrons. The van der Waals surface area contributed by atoms with Gasteiger partial charge in [-0.1, -0.05) is 0 Å². The van der Waals surface area contributed by atoms with Gasteiger partial charge in [-0.3, -0.25) is 9.59 Å². The summed E-state index contributed by atoms with van der Waals surface area (Å²) in [5, 5.41) is 7.71. The lowest BCUT2D eigenvalue weighted by molar-refractivity contribution is -0.126. The Labute approximate surface area is 163 Å². The maximum absolute atomic E-state index is 11.7.